The van der Waals surface area contributed by atoms with E-state index < -0.39 is 0 Å². The summed E-state index contributed by atoms with van der Waals surface area (Å²) in [4.78, 5) is 0. The van der Waals surface area contributed by atoms with E-state index in [0.29, 0.717) is 5.56 Å². The molecule has 4 heteroatoms. The molecule has 0 aliphatic heterocycles. The maximum Gasteiger partial charge on any atom is 0.0992 e. The predicted octanol–water partition coefficient (Wildman–Crippen LogP) is 3.43. The minimum atomic E-state index is -0.294. The minimum absolute atomic E-state index is 0.0911. The molecule has 0 saturated heterocycles. The summed E-state index contributed by atoms with van der Waals surface area (Å²) in [5, 5.41) is 22.4. The fourth-order valence-corrected chi connectivity index (χ4v) is 2.90. The zero-order valence-electron chi connectivity index (χ0n) is 10.2. The van der Waals surface area contributed by atoms with Gasteiger partial charge in [0.05, 0.1) is 23.8 Å². The number of aliphatic hydroxyl groups excluding tert-OH is 1. The Kier molecular flexibility index (Phi) is 4.62. The van der Waals surface area contributed by atoms with Crippen LogP contribution in [0.2, 0.25) is 0 Å². The Morgan fingerprint density at radius 1 is 1.22 bits per heavy atom. The van der Waals surface area contributed by atoms with Gasteiger partial charge in [0.1, 0.15) is 0 Å². The summed E-state index contributed by atoms with van der Waals surface area (Å²) in [6, 6.07) is 7.78. The number of nitrogens with zero attached hydrogens (tertiary/aromatic N) is 1. The topological polar surface area (TPSA) is 56.0 Å². The molecule has 0 spiro atoms. The van der Waals surface area contributed by atoms with Crippen molar-refractivity contribution in [3.8, 4) is 6.07 Å². The van der Waals surface area contributed by atoms with E-state index in [-0.39, 0.29) is 12.1 Å². The van der Waals surface area contributed by atoms with Gasteiger partial charge in [0.15, 0.2) is 0 Å². The average molecular weight is 309 g/mol. The number of anilines is 1. The SMILES string of the molecule is N#Cc1cc(Br)cc(NC2CCCCCC2O)c1. The Labute approximate surface area is 116 Å². The maximum absolute atomic E-state index is 10.1. The number of rotatable bonds is 2. The molecule has 18 heavy (non-hydrogen) atoms. The molecule has 0 amide bonds. The number of hydrogen-bond donors (Lipinski definition) is 2. The molecule has 0 heterocycles. The molecular weight excluding hydrogens is 292 g/mol. The van der Waals surface area contributed by atoms with Crippen molar-refractivity contribution in [1.82, 2.24) is 0 Å². The van der Waals surface area contributed by atoms with Gasteiger partial charge in [-0.25, -0.2) is 0 Å². The Bertz CT molecular complexity index is 456. The lowest BCUT2D eigenvalue weighted by molar-refractivity contribution is 0.144. The molecule has 0 aromatic heterocycles. The molecule has 2 atom stereocenters. The summed E-state index contributed by atoms with van der Waals surface area (Å²) in [7, 11) is 0. The summed E-state index contributed by atoms with van der Waals surface area (Å²) >= 11 is 3.40. The zero-order chi connectivity index (χ0) is 13.0. The van der Waals surface area contributed by atoms with Crippen LogP contribution >= 0.6 is 15.9 Å². The third-order valence-corrected chi connectivity index (χ3v) is 3.82. The van der Waals surface area contributed by atoms with Gasteiger partial charge in [-0.2, -0.15) is 5.26 Å². The van der Waals surface area contributed by atoms with Gasteiger partial charge in [-0.05, 0) is 31.0 Å². The van der Waals surface area contributed by atoms with Crippen LogP contribution in [-0.2, 0) is 0 Å². The van der Waals surface area contributed by atoms with Gasteiger partial charge in [-0.15, -0.1) is 0 Å². The van der Waals surface area contributed by atoms with E-state index in [1.165, 1.54) is 6.42 Å². The number of halogens is 1. The molecule has 1 aromatic carbocycles. The monoisotopic (exact) mass is 308 g/mol. The standard InChI is InChI=1S/C14H17BrN2O/c15-11-6-10(9-16)7-12(8-11)17-13-4-2-1-3-5-14(13)18/h6-8,13-14,17-18H,1-5H2. The Morgan fingerprint density at radius 2 is 2.00 bits per heavy atom. The Hall–Kier alpha value is -1.05. The van der Waals surface area contributed by atoms with Gasteiger partial charge in [-0.1, -0.05) is 35.2 Å². The lowest BCUT2D eigenvalue weighted by Crippen LogP contribution is -2.32. The number of nitriles is 1. The zero-order valence-corrected chi connectivity index (χ0v) is 11.8. The van der Waals surface area contributed by atoms with Gasteiger partial charge < -0.3 is 10.4 Å². The molecule has 1 aromatic rings. The second kappa shape index (κ2) is 6.21. The summed E-state index contributed by atoms with van der Waals surface area (Å²) in [6.07, 6.45) is 4.98. The first-order valence-corrected chi connectivity index (χ1v) is 7.13. The fourth-order valence-electron chi connectivity index (χ4n) is 2.41. The second-order valence-corrected chi connectivity index (χ2v) is 5.71. The molecule has 2 unspecified atom stereocenters. The molecule has 1 aliphatic carbocycles. The highest BCUT2D eigenvalue weighted by Gasteiger charge is 2.21. The smallest absolute Gasteiger partial charge is 0.0992 e. The molecule has 1 aliphatic rings. The molecule has 1 fully saturated rings. The third-order valence-electron chi connectivity index (χ3n) is 3.36. The summed E-state index contributed by atoms with van der Waals surface area (Å²) in [5.74, 6) is 0. The van der Waals surface area contributed by atoms with E-state index in [4.69, 9.17) is 5.26 Å². The molecule has 0 radical (unpaired) electrons. The first-order chi connectivity index (χ1) is 8.69. The van der Waals surface area contributed by atoms with Crippen LogP contribution < -0.4 is 5.32 Å². The molecule has 96 valence electrons. The van der Waals surface area contributed by atoms with Crippen LogP contribution in [-0.4, -0.2) is 17.3 Å². The molecule has 1 saturated carbocycles. The lowest BCUT2D eigenvalue weighted by Gasteiger charge is -2.23. The Balaban J connectivity index is 2.12. The van der Waals surface area contributed by atoms with Crippen molar-refractivity contribution in [2.75, 3.05) is 5.32 Å². The number of benzene rings is 1. The molecule has 0 bridgehead atoms. The Morgan fingerprint density at radius 3 is 2.78 bits per heavy atom. The quantitative estimate of drug-likeness (QED) is 0.823. The normalized spacial score (nSPS) is 24.1. The van der Waals surface area contributed by atoms with E-state index in [2.05, 4.69) is 27.3 Å². The van der Waals surface area contributed by atoms with Gasteiger partial charge in [0, 0.05) is 10.2 Å². The van der Waals surface area contributed by atoms with Crippen molar-refractivity contribution >= 4 is 21.6 Å². The van der Waals surface area contributed by atoms with E-state index >= 15 is 0 Å². The van der Waals surface area contributed by atoms with Crippen molar-refractivity contribution in [1.29, 1.82) is 5.26 Å². The highest BCUT2D eigenvalue weighted by atomic mass is 79.9. The maximum atomic E-state index is 10.1. The van der Waals surface area contributed by atoms with Gasteiger partial charge >= 0.3 is 0 Å². The van der Waals surface area contributed by atoms with Crippen LogP contribution in [0.15, 0.2) is 22.7 Å². The fraction of sp³-hybridized carbons (Fsp3) is 0.500. The van der Waals surface area contributed by atoms with E-state index in [0.717, 1.165) is 35.8 Å². The van der Waals surface area contributed by atoms with Gasteiger partial charge in [-0.3, -0.25) is 0 Å². The summed E-state index contributed by atoms with van der Waals surface area (Å²) < 4.78 is 0.882. The van der Waals surface area contributed by atoms with Crippen LogP contribution in [0.25, 0.3) is 0 Å². The molecule has 2 rings (SSSR count). The first kappa shape index (κ1) is 13.4. The van der Waals surface area contributed by atoms with Crippen LogP contribution in [0.5, 0.6) is 0 Å². The minimum Gasteiger partial charge on any atom is -0.391 e. The van der Waals surface area contributed by atoms with Gasteiger partial charge in [0.2, 0.25) is 0 Å². The van der Waals surface area contributed by atoms with Crippen molar-refractivity contribution in [3.05, 3.63) is 28.2 Å². The second-order valence-electron chi connectivity index (χ2n) is 4.80. The van der Waals surface area contributed by atoms with E-state index in [9.17, 15) is 5.11 Å². The molecule has 3 nitrogen and oxygen atoms in total. The van der Waals surface area contributed by atoms with Crippen LogP contribution in [0, 0.1) is 11.3 Å². The summed E-state index contributed by atoms with van der Waals surface area (Å²) in [5.41, 5.74) is 1.52. The van der Waals surface area contributed by atoms with Crippen LogP contribution in [0.1, 0.15) is 37.7 Å². The number of nitrogens with one attached hydrogen (secondary N) is 1. The predicted molar refractivity (Wildman–Crippen MR) is 75.4 cm³/mol. The lowest BCUT2D eigenvalue weighted by atomic mass is 10.1. The van der Waals surface area contributed by atoms with Gasteiger partial charge in [0.25, 0.3) is 0 Å². The molecular formula is C14H17BrN2O. The van der Waals surface area contributed by atoms with E-state index in [1.807, 2.05) is 12.1 Å². The summed E-state index contributed by atoms with van der Waals surface area (Å²) in [6.45, 7) is 0. The van der Waals surface area contributed by atoms with Crippen molar-refractivity contribution in [3.63, 3.8) is 0 Å². The molecule has 2 N–H and O–H groups in total. The average Bonchev–Trinajstić information content (AvgIpc) is 2.54. The van der Waals surface area contributed by atoms with Crippen LogP contribution in [0.4, 0.5) is 5.69 Å². The van der Waals surface area contributed by atoms with Crippen molar-refractivity contribution in [2.24, 2.45) is 0 Å². The number of aliphatic hydroxyl groups is 1. The third kappa shape index (κ3) is 3.47. The first-order valence-electron chi connectivity index (χ1n) is 6.34. The highest BCUT2D eigenvalue weighted by molar-refractivity contribution is 9.10. The highest BCUT2D eigenvalue weighted by Crippen LogP contribution is 2.24. The van der Waals surface area contributed by atoms with E-state index in [1.54, 1.807) is 6.07 Å². The van der Waals surface area contributed by atoms with Crippen molar-refractivity contribution in [2.45, 2.75) is 44.2 Å². The largest absolute Gasteiger partial charge is 0.391 e. The van der Waals surface area contributed by atoms with Crippen molar-refractivity contribution < 1.29 is 5.11 Å². The number of hydrogen-bond acceptors (Lipinski definition) is 3. The van der Waals surface area contributed by atoms with Crippen LogP contribution in [0.3, 0.4) is 0 Å².